The van der Waals surface area contributed by atoms with Crippen LogP contribution in [0.4, 0.5) is 0 Å². The summed E-state index contributed by atoms with van der Waals surface area (Å²) in [4.78, 5) is 30.0. The molecule has 3 heterocycles. The van der Waals surface area contributed by atoms with Crippen molar-refractivity contribution in [2.75, 3.05) is 7.05 Å². The second kappa shape index (κ2) is 7.46. The van der Waals surface area contributed by atoms with E-state index in [1.165, 1.54) is 11.1 Å². The lowest BCUT2D eigenvalue weighted by atomic mass is 9.89. The van der Waals surface area contributed by atoms with Crippen molar-refractivity contribution in [2.24, 2.45) is 5.41 Å². The summed E-state index contributed by atoms with van der Waals surface area (Å²) in [6, 6.07) is 10.7. The van der Waals surface area contributed by atoms with Crippen molar-refractivity contribution in [3.8, 4) is 6.07 Å². The van der Waals surface area contributed by atoms with E-state index in [2.05, 4.69) is 28.4 Å². The fraction of sp³-hybridized carbons (Fsp3) is 0.609. The van der Waals surface area contributed by atoms with Gasteiger partial charge in [-0.05, 0) is 64.1 Å². The van der Waals surface area contributed by atoms with Gasteiger partial charge in [-0.3, -0.25) is 14.5 Å². The Morgan fingerprint density at radius 1 is 1.14 bits per heavy atom. The summed E-state index contributed by atoms with van der Waals surface area (Å²) in [6.07, 6.45) is 4.21. The molecule has 2 fully saturated rings. The number of hydrogen-bond donors (Lipinski definition) is 1. The Kier molecular flexibility index (Phi) is 5.12. The number of benzene rings is 1. The fourth-order valence-electron chi connectivity index (χ4n) is 5.24. The van der Waals surface area contributed by atoms with E-state index >= 15 is 0 Å². The molecule has 2 saturated heterocycles. The first kappa shape index (κ1) is 19.9. The molecule has 0 radical (unpaired) electrons. The molecule has 2 unspecified atom stereocenters. The van der Waals surface area contributed by atoms with Crippen molar-refractivity contribution in [3.05, 3.63) is 35.4 Å². The van der Waals surface area contributed by atoms with Gasteiger partial charge in [-0.2, -0.15) is 5.26 Å². The summed E-state index contributed by atoms with van der Waals surface area (Å²) < 4.78 is 0. The highest BCUT2D eigenvalue weighted by Gasteiger charge is 2.47. The van der Waals surface area contributed by atoms with Gasteiger partial charge in [-0.25, -0.2) is 0 Å². The first-order chi connectivity index (χ1) is 13.8. The lowest BCUT2D eigenvalue weighted by Crippen LogP contribution is -2.57. The van der Waals surface area contributed by atoms with Gasteiger partial charge in [0.1, 0.15) is 5.41 Å². The maximum atomic E-state index is 13.1. The molecule has 1 aromatic carbocycles. The molecule has 1 aromatic rings. The van der Waals surface area contributed by atoms with Crippen LogP contribution in [0.15, 0.2) is 24.3 Å². The van der Waals surface area contributed by atoms with E-state index in [0.717, 1.165) is 38.6 Å². The first-order valence-corrected chi connectivity index (χ1v) is 10.6. The highest BCUT2D eigenvalue weighted by Crippen LogP contribution is 2.38. The average molecular weight is 395 g/mol. The van der Waals surface area contributed by atoms with Gasteiger partial charge >= 0.3 is 0 Å². The molecule has 4 atom stereocenters. The Labute approximate surface area is 172 Å². The molecule has 2 bridgehead atoms. The first-order valence-electron chi connectivity index (χ1n) is 10.6. The number of carbonyl (C=O) groups excluding carboxylic acids is 2. The number of fused-ring (bicyclic) bond motifs is 3. The van der Waals surface area contributed by atoms with Crippen LogP contribution >= 0.6 is 0 Å². The predicted molar refractivity (Wildman–Crippen MR) is 110 cm³/mol. The van der Waals surface area contributed by atoms with Gasteiger partial charge in [-0.1, -0.05) is 24.3 Å². The summed E-state index contributed by atoms with van der Waals surface area (Å²) in [7, 11) is 2.01. The van der Waals surface area contributed by atoms with Gasteiger partial charge in [0.2, 0.25) is 11.8 Å². The van der Waals surface area contributed by atoms with Gasteiger partial charge in [-0.15, -0.1) is 0 Å². The summed E-state index contributed by atoms with van der Waals surface area (Å²) in [5.74, 6) is 0.0180. The van der Waals surface area contributed by atoms with Gasteiger partial charge in [0.05, 0.1) is 12.1 Å². The highest BCUT2D eigenvalue weighted by atomic mass is 16.2. The maximum absolute atomic E-state index is 13.1. The van der Waals surface area contributed by atoms with Crippen molar-refractivity contribution < 1.29 is 9.59 Å². The van der Waals surface area contributed by atoms with Crippen LogP contribution in [0.2, 0.25) is 0 Å². The Hall–Kier alpha value is -2.39. The van der Waals surface area contributed by atoms with Crippen LogP contribution in [0.3, 0.4) is 0 Å². The third-order valence-corrected chi connectivity index (χ3v) is 6.91. The summed E-state index contributed by atoms with van der Waals surface area (Å²) >= 11 is 0. The smallest absolute Gasteiger partial charge is 0.242 e. The third kappa shape index (κ3) is 3.64. The second-order valence-electron chi connectivity index (χ2n) is 9.41. The van der Waals surface area contributed by atoms with Crippen molar-refractivity contribution in [1.82, 2.24) is 15.1 Å². The van der Waals surface area contributed by atoms with Crippen molar-refractivity contribution >= 4 is 11.8 Å². The van der Waals surface area contributed by atoms with E-state index in [1.54, 1.807) is 13.8 Å². The second-order valence-corrected chi connectivity index (χ2v) is 9.41. The molecule has 3 aliphatic rings. The van der Waals surface area contributed by atoms with Crippen LogP contribution in [-0.4, -0.2) is 52.8 Å². The predicted octanol–water partition coefficient (Wildman–Crippen LogP) is 2.23. The summed E-state index contributed by atoms with van der Waals surface area (Å²) in [5.41, 5.74) is 1.56. The minimum Gasteiger partial charge on any atom is -0.352 e. The Bertz CT molecular complexity index is 845. The number of piperidine rings is 1. The number of nitrogens with one attached hydrogen (secondary N) is 1. The summed E-state index contributed by atoms with van der Waals surface area (Å²) in [5, 5.41) is 12.6. The standard InChI is InChI=1S/C23H30N4O2/c1-23(2,14-24)22(29)27-18-8-9-19(27)12-17(11-18)25-21(28)20-10-15-6-4-5-7-16(15)13-26(20)3/h4-7,17-20H,8-13H2,1-3H3,(H,25,28)/t17?,18-,19+,20?. The number of likely N-dealkylation sites (N-methyl/N-ethyl adjacent to an activating group) is 1. The number of amides is 2. The SMILES string of the molecule is CN1Cc2ccccc2CC1C(=O)NC1C[C@H]2CC[C@@H](C1)N2C(=O)C(C)(C)C#N. The van der Waals surface area contributed by atoms with E-state index < -0.39 is 5.41 Å². The van der Waals surface area contributed by atoms with E-state index in [9.17, 15) is 14.9 Å². The molecular formula is C23H30N4O2. The molecule has 6 heteroatoms. The van der Waals surface area contributed by atoms with E-state index in [1.807, 2.05) is 24.1 Å². The molecule has 29 heavy (non-hydrogen) atoms. The highest BCUT2D eigenvalue weighted by molar-refractivity contribution is 5.86. The Morgan fingerprint density at radius 3 is 2.38 bits per heavy atom. The zero-order chi connectivity index (χ0) is 20.8. The minimum atomic E-state index is -0.991. The van der Waals surface area contributed by atoms with Crippen molar-refractivity contribution in [1.29, 1.82) is 5.26 Å². The zero-order valence-corrected chi connectivity index (χ0v) is 17.5. The van der Waals surface area contributed by atoms with Crippen LogP contribution < -0.4 is 5.32 Å². The molecule has 0 aromatic heterocycles. The maximum Gasteiger partial charge on any atom is 0.242 e. The molecule has 0 spiro atoms. The van der Waals surface area contributed by atoms with Crippen LogP contribution in [0.1, 0.15) is 50.7 Å². The molecule has 154 valence electrons. The van der Waals surface area contributed by atoms with Gasteiger partial charge in [0, 0.05) is 24.7 Å². The van der Waals surface area contributed by atoms with Crippen LogP contribution in [-0.2, 0) is 22.6 Å². The quantitative estimate of drug-likeness (QED) is 0.853. The van der Waals surface area contributed by atoms with Crippen LogP contribution in [0, 0.1) is 16.7 Å². The molecule has 6 nitrogen and oxygen atoms in total. The van der Waals surface area contributed by atoms with Gasteiger partial charge in [0.15, 0.2) is 0 Å². The normalized spacial score (nSPS) is 29.1. The van der Waals surface area contributed by atoms with Crippen LogP contribution in [0.25, 0.3) is 0 Å². The van der Waals surface area contributed by atoms with E-state index in [0.29, 0.717) is 0 Å². The van der Waals surface area contributed by atoms with E-state index in [-0.39, 0.29) is 36.0 Å². The number of rotatable bonds is 3. The topological polar surface area (TPSA) is 76.4 Å². The Morgan fingerprint density at radius 2 is 1.76 bits per heavy atom. The van der Waals surface area contributed by atoms with E-state index in [4.69, 9.17) is 0 Å². The molecular weight excluding hydrogens is 364 g/mol. The number of hydrogen-bond acceptors (Lipinski definition) is 4. The third-order valence-electron chi connectivity index (χ3n) is 6.91. The zero-order valence-electron chi connectivity index (χ0n) is 17.5. The van der Waals surface area contributed by atoms with Gasteiger partial charge in [0.25, 0.3) is 0 Å². The average Bonchev–Trinajstić information content (AvgIpc) is 2.96. The molecule has 2 amide bonds. The lowest BCUT2D eigenvalue weighted by Gasteiger charge is -2.42. The molecule has 1 N–H and O–H groups in total. The van der Waals surface area contributed by atoms with Crippen molar-refractivity contribution in [3.63, 3.8) is 0 Å². The Balaban J connectivity index is 1.40. The number of nitriles is 1. The lowest BCUT2D eigenvalue weighted by molar-refractivity contribution is -0.142. The van der Waals surface area contributed by atoms with Gasteiger partial charge < -0.3 is 10.2 Å². The van der Waals surface area contributed by atoms with Crippen molar-refractivity contribution in [2.45, 2.75) is 76.7 Å². The molecule has 0 saturated carbocycles. The fourth-order valence-corrected chi connectivity index (χ4v) is 5.24. The largest absolute Gasteiger partial charge is 0.352 e. The summed E-state index contributed by atoms with van der Waals surface area (Å²) in [6.45, 7) is 4.18. The molecule has 3 aliphatic heterocycles. The molecule has 4 rings (SSSR count). The minimum absolute atomic E-state index is 0.0686. The molecule has 0 aliphatic carbocycles. The monoisotopic (exact) mass is 394 g/mol. The number of carbonyl (C=O) groups is 2. The number of nitrogens with zero attached hydrogens (tertiary/aromatic N) is 3. The van der Waals surface area contributed by atoms with Crippen LogP contribution in [0.5, 0.6) is 0 Å².